The lowest BCUT2D eigenvalue weighted by Gasteiger charge is -2.18. The van der Waals surface area contributed by atoms with Gasteiger partial charge in [0.05, 0.1) is 0 Å². The van der Waals surface area contributed by atoms with E-state index in [0.29, 0.717) is 12.6 Å². The molecule has 3 nitrogen and oxygen atoms in total. The first-order chi connectivity index (χ1) is 10.0. The molecular weight excluding hydrogens is 328 g/mol. The predicted molar refractivity (Wildman–Crippen MR) is 87.4 cm³/mol. The zero-order chi connectivity index (χ0) is 15.0. The molecule has 1 aliphatic carbocycles. The third-order valence-corrected chi connectivity index (χ3v) is 4.26. The second-order valence-corrected chi connectivity index (χ2v) is 6.75. The normalized spacial score (nSPS) is 14.2. The molecule has 1 aromatic carbocycles. The summed E-state index contributed by atoms with van der Waals surface area (Å²) in [7, 11) is 1.86. The monoisotopic (exact) mass is 346 g/mol. The number of halogens is 1. The van der Waals surface area contributed by atoms with Gasteiger partial charge in [0.15, 0.2) is 0 Å². The molecule has 1 aromatic heterocycles. The first-order valence-electron chi connectivity index (χ1n) is 7.23. The third-order valence-electron chi connectivity index (χ3n) is 3.82. The van der Waals surface area contributed by atoms with Crippen molar-refractivity contribution in [3.63, 3.8) is 0 Å². The Morgan fingerprint density at radius 1 is 1.38 bits per heavy atom. The summed E-state index contributed by atoms with van der Waals surface area (Å²) in [6.07, 6.45) is 4.36. The molecule has 2 aromatic rings. The zero-order valence-corrected chi connectivity index (χ0v) is 13.9. The molecule has 0 saturated heterocycles. The highest BCUT2D eigenvalue weighted by molar-refractivity contribution is 9.10. The summed E-state index contributed by atoms with van der Waals surface area (Å²) in [5.41, 5.74) is 3.16. The lowest BCUT2D eigenvalue weighted by Crippen LogP contribution is -2.28. The van der Waals surface area contributed by atoms with E-state index in [1.807, 2.05) is 25.4 Å². The summed E-state index contributed by atoms with van der Waals surface area (Å²) in [5.74, 6) is 0.0779. The highest BCUT2D eigenvalue weighted by Crippen LogP contribution is 2.37. The van der Waals surface area contributed by atoms with Crippen molar-refractivity contribution in [1.82, 2.24) is 9.47 Å². The van der Waals surface area contributed by atoms with Crippen LogP contribution in [0.25, 0.3) is 0 Å². The van der Waals surface area contributed by atoms with Crippen molar-refractivity contribution in [3.05, 3.63) is 57.8 Å². The summed E-state index contributed by atoms with van der Waals surface area (Å²) in [6.45, 7) is 2.70. The van der Waals surface area contributed by atoms with Gasteiger partial charge in [0, 0.05) is 30.3 Å². The number of nitrogens with zero attached hydrogens (tertiary/aromatic N) is 2. The Morgan fingerprint density at radius 2 is 2.14 bits per heavy atom. The molecule has 1 aliphatic rings. The summed E-state index contributed by atoms with van der Waals surface area (Å²) < 4.78 is 3.08. The molecule has 0 aliphatic heterocycles. The molecule has 3 rings (SSSR count). The summed E-state index contributed by atoms with van der Waals surface area (Å²) in [6, 6.07) is 10.7. The van der Waals surface area contributed by atoms with Crippen molar-refractivity contribution in [3.8, 4) is 0 Å². The number of hydrogen-bond donors (Lipinski definition) is 0. The van der Waals surface area contributed by atoms with Crippen LogP contribution in [0.5, 0.6) is 0 Å². The van der Waals surface area contributed by atoms with Crippen molar-refractivity contribution in [1.29, 1.82) is 0 Å². The lowest BCUT2D eigenvalue weighted by atomic mass is 10.1. The average Bonchev–Trinajstić information content (AvgIpc) is 3.21. The van der Waals surface area contributed by atoms with E-state index in [0.717, 1.165) is 15.7 Å². The molecule has 0 N–H and O–H groups in total. The number of rotatable bonds is 4. The van der Waals surface area contributed by atoms with Gasteiger partial charge in [-0.2, -0.15) is 0 Å². The number of benzene rings is 1. The number of carbonyl (C=O) groups excluding carboxylic acids is 1. The highest BCUT2D eigenvalue weighted by Gasteiger charge is 2.28. The Bertz CT molecular complexity index is 673. The molecule has 4 heteroatoms. The predicted octanol–water partition coefficient (Wildman–Crippen LogP) is 4.17. The van der Waals surface area contributed by atoms with Crippen LogP contribution < -0.4 is 0 Å². The van der Waals surface area contributed by atoms with E-state index < -0.39 is 0 Å². The van der Waals surface area contributed by atoms with Crippen LogP contribution in [0.2, 0.25) is 0 Å². The number of hydrogen-bond acceptors (Lipinski definition) is 1. The SMILES string of the molecule is Cc1cccc(CN(C)C(=O)c2cc(Br)cn2C2CC2)c1. The largest absolute Gasteiger partial charge is 0.339 e. The third kappa shape index (κ3) is 3.21. The first kappa shape index (κ1) is 14.4. The number of aromatic nitrogens is 1. The van der Waals surface area contributed by atoms with Crippen molar-refractivity contribution in [2.24, 2.45) is 0 Å². The molecule has 0 radical (unpaired) electrons. The molecule has 0 unspecified atom stereocenters. The van der Waals surface area contributed by atoms with E-state index in [1.54, 1.807) is 4.90 Å². The maximum atomic E-state index is 12.7. The van der Waals surface area contributed by atoms with E-state index in [4.69, 9.17) is 0 Å². The Hall–Kier alpha value is -1.55. The van der Waals surface area contributed by atoms with Gasteiger partial charge in [-0.15, -0.1) is 0 Å². The van der Waals surface area contributed by atoms with Gasteiger partial charge in [0.2, 0.25) is 0 Å². The first-order valence-corrected chi connectivity index (χ1v) is 8.02. The Kier molecular flexibility index (Phi) is 3.89. The molecule has 0 spiro atoms. The van der Waals surface area contributed by atoms with Crippen LogP contribution in [0.15, 0.2) is 41.0 Å². The fraction of sp³-hybridized carbons (Fsp3) is 0.353. The van der Waals surface area contributed by atoms with Crippen LogP contribution in [-0.4, -0.2) is 22.4 Å². The van der Waals surface area contributed by atoms with Gasteiger partial charge in [-0.25, -0.2) is 0 Å². The van der Waals surface area contributed by atoms with E-state index in [9.17, 15) is 4.79 Å². The van der Waals surface area contributed by atoms with E-state index >= 15 is 0 Å². The maximum absolute atomic E-state index is 12.7. The maximum Gasteiger partial charge on any atom is 0.270 e. The molecule has 1 heterocycles. The van der Waals surface area contributed by atoms with Gasteiger partial charge in [-0.05, 0) is 47.3 Å². The molecule has 0 atom stereocenters. The topological polar surface area (TPSA) is 25.2 Å². The second kappa shape index (κ2) is 5.68. The molecule has 1 saturated carbocycles. The van der Waals surface area contributed by atoms with E-state index in [-0.39, 0.29) is 5.91 Å². The fourth-order valence-electron chi connectivity index (χ4n) is 2.62. The van der Waals surface area contributed by atoms with E-state index in [1.165, 1.54) is 18.4 Å². The van der Waals surface area contributed by atoms with Crippen molar-refractivity contribution < 1.29 is 4.79 Å². The average molecular weight is 347 g/mol. The van der Waals surface area contributed by atoms with Crippen molar-refractivity contribution >= 4 is 21.8 Å². The van der Waals surface area contributed by atoms with Gasteiger partial charge in [0.25, 0.3) is 5.91 Å². The molecule has 1 fully saturated rings. The van der Waals surface area contributed by atoms with Crippen LogP contribution in [-0.2, 0) is 6.54 Å². The zero-order valence-electron chi connectivity index (χ0n) is 12.3. The standard InChI is InChI=1S/C17H19BrN2O/c1-12-4-3-5-13(8-12)10-19(2)17(21)16-9-14(18)11-20(16)15-6-7-15/h3-5,8-9,11,15H,6-7,10H2,1-2H3. The number of amides is 1. The van der Waals surface area contributed by atoms with Gasteiger partial charge < -0.3 is 9.47 Å². The van der Waals surface area contributed by atoms with E-state index in [2.05, 4.69) is 45.6 Å². The van der Waals surface area contributed by atoms with Crippen LogP contribution in [0.3, 0.4) is 0 Å². The van der Waals surface area contributed by atoms with Gasteiger partial charge in [0.1, 0.15) is 5.69 Å². The van der Waals surface area contributed by atoms with Gasteiger partial charge in [-0.1, -0.05) is 29.8 Å². The molecular formula is C17H19BrN2O. The summed E-state index contributed by atoms with van der Waals surface area (Å²) in [5, 5.41) is 0. The minimum absolute atomic E-state index is 0.0779. The summed E-state index contributed by atoms with van der Waals surface area (Å²) in [4.78, 5) is 14.5. The van der Waals surface area contributed by atoms with Gasteiger partial charge in [-0.3, -0.25) is 4.79 Å². The molecule has 21 heavy (non-hydrogen) atoms. The van der Waals surface area contributed by atoms with Crippen LogP contribution >= 0.6 is 15.9 Å². The summed E-state index contributed by atoms with van der Waals surface area (Å²) >= 11 is 3.48. The number of carbonyl (C=O) groups is 1. The van der Waals surface area contributed by atoms with Crippen molar-refractivity contribution in [2.45, 2.75) is 32.4 Å². The number of aryl methyl sites for hydroxylation is 1. The smallest absolute Gasteiger partial charge is 0.270 e. The fourth-order valence-corrected chi connectivity index (χ4v) is 3.06. The Morgan fingerprint density at radius 3 is 2.81 bits per heavy atom. The minimum atomic E-state index is 0.0779. The van der Waals surface area contributed by atoms with Crippen LogP contribution in [0, 0.1) is 6.92 Å². The molecule has 1 amide bonds. The minimum Gasteiger partial charge on any atom is -0.339 e. The molecule has 0 bridgehead atoms. The Labute approximate surface area is 133 Å². The second-order valence-electron chi connectivity index (χ2n) is 5.83. The molecule has 110 valence electrons. The lowest BCUT2D eigenvalue weighted by molar-refractivity contribution is 0.0774. The highest BCUT2D eigenvalue weighted by atomic mass is 79.9. The van der Waals surface area contributed by atoms with Gasteiger partial charge >= 0.3 is 0 Å². The van der Waals surface area contributed by atoms with Crippen molar-refractivity contribution in [2.75, 3.05) is 7.05 Å². The van der Waals surface area contributed by atoms with Crippen LogP contribution in [0.4, 0.5) is 0 Å². The quantitative estimate of drug-likeness (QED) is 0.815. The van der Waals surface area contributed by atoms with Crippen LogP contribution in [0.1, 0.15) is 40.5 Å². The Balaban J connectivity index is 1.78.